The van der Waals surface area contributed by atoms with Crippen molar-refractivity contribution in [3.05, 3.63) is 29.8 Å². The van der Waals surface area contributed by atoms with E-state index in [-0.39, 0.29) is 18.6 Å². The van der Waals surface area contributed by atoms with Crippen LogP contribution in [-0.2, 0) is 0 Å². The molecule has 21 heavy (non-hydrogen) atoms. The Labute approximate surface area is 127 Å². The van der Waals surface area contributed by atoms with E-state index in [1.54, 1.807) is 12.1 Å². The van der Waals surface area contributed by atoms with Crippen LogP contribution in [0.25, 0.3) is 0 Å². The molecule has 0 radical (unpaired) electrons. The largest absolute Gasteiger partial charge is 0.491 e. The summed E-state index contributed by atoms with van der Waals surface area (Å²) < 4.78 is 5.55. The predicted molar refractivity (Wildman–Crippen MR) is 84.6 cm³/mol. The quantitative estimate of drug-likeness (QED) is 0.736. The fourth-order valence-corrected chi connectivity index (χ4v) is 2.24. The number of carbonyl (C=O) groups excluding carboxylic acids is 1. The fourth-order valence-electron chi connectivity index (χ4n) is 2.24. The van der Waals surface area contributed by atoms with Crippen LogP contribution in [0, 0.1) is 5.92 Å². The summed E-state index contributed by atoms with van der Waals surface area (Å²) in [5.41, 5.74) is 0.630. The van der Waals surface area contributed by atoms with Crippen LogP contribution in [0.1, 0.15) is 50.4 Å². The van der Waals surface area contributed by atoms with Gasteiger partial charge in [0, 0.05) is 18.7 Å². The number of rotatable bonds is 9. The molecular weight excluding hydrogens is 266 g/mol. The smallest absolute Gasteiger partial charge is 0.251 e. The third-order valence-corrected chi connectivity index (χ3v) is 3.27. The average Bonchev–Trinajstić information content (AvgIpc) is 2.45. The van der Waals surface area contributed by atoms with Crippen molar-refractivity contribution in [2.24, 2.45) is 5.92 Å². The number of carbonyl (C=O) groups is 1. The summed E-state index contributed by atoms with van der Waals surface area (Å²) in [5, 5.41) is 12.0. The number of aliphatic hydroxyl groups excluding tert-OH is 1. The van der Waals surface area contributed by atoms with E-state index in [2.05, 4.69) is 12.2 Å². The number of aliphatic hydroxyl groups is 1. The van der Waals surface area contributed by atoms with Crippen molar-refractivity contribution >= 4 is 5.91 Å². The van der Waals surface area contributed by atoms with Gasteiger partial charge in [-0.3, -0.25) is 4.79 Å². The molecule has 1 rings (SSSR count). The number of nitrogens with one attached hydrogen (secondary N) is 1. The van der Waals surface area contributed by atoms with Crippen molar-refractivity contribution in [3.63, 3.8) is 0 Å². The summed E-state index contributed by atoms with van der Waals surface area (Å²) in [6.45, 7) is 6.82. The highest BCUT2D eigenvalue weighted by Gasteiger charge is 2.11. The van der Waals surface area contributed by atoms with Crippen LogP contribution in [0.3, 0.4) is 0 Å². The van der Waals surface area contributed by atoms with Gasteiger partial charge in [-0.2, -0.15) is 0 Å². The zero-order chi connectivity index (χ0) is 15.7. The van der Waals surface area contributed by atoms with Gasteiger partial charge in [0.1, 0.15) is 5.75 Å². The van der Waals surface area contributed by atoms with E-state index in [0.717, 1.165) is 25.0 Å². The minimum atomic E-state index is -0.0786. The molecule has 0 heterocycles. The summed E-state index contributed by atoms with van der Waals surface area (Å²) in [4.78, 5) is 12.1. The molecule has 1 aromatic rings. The van der Waals surface area contributed by atoms with Crippen LogP contribution in [0.5, 0.6) is 5.75 Å². The van der Waals surface area contributed by atoms with Gasteiger partial charge in [-0.25, -0.2) is 0 Å². The molecule has 1 amide bonds. The second-order valence-corrected chi connectivity index (χ2v) is 5.57. The molecule has 0 aliphatic rings. The molecule has 1 atom stereocenters. The van der Waals surface area contributed by atoms with Crippen LogP contribution in [0.15, 0.2) is 24.3 Å². The van der Waals surface area contributed by atoms with Gasteiger partial charge in [0.25, 0.3) is 5.91 Å². The molecule has 0 aliphatic heterocycles. The summed E-state index contributed by atoms with van der Waals surface area (Å²) in [7, 11) is 0. The molecule has 4 heteroatoms. The van der Waals surface area contributed by atoms with Gasteiger partial charge < -0.3 is 15.2 Å². The second kappa shape index (κ2) is 9.40. The Morgan fingerprint density at radius 3 is 2.43 bits per heavy atom. The molecule has 0 spiro atoms. The summed E-state index contributed by atoms with van der Waals surface area (Å²) in [6.07, 6.45) is 2.93. The van der Waals surface area contributed by atoms with Crippen LogP contribution in [-0.4, -0.2) is 30.3 Å². The minimum absolute atomic E-state index is 0.0786. The molecule has 0 aromatic heterocycles. The van der Waals surface area contributed by atoms with Crippen molar-refractivity contribution in [3.8, 4) is 5.75 Å². The molecule has 2 N–H and O–H groups in total. The molecule has 0 saturated carbocycles. The highest BCUT2D eigenvalue weighted by Crippen LogP contribution is 2.14. The Kier molecular flexibility index (Phi) is 7.83. The number of hydrogen-bond donors (Lipinski definition) is 2. The van der Waals surface area contributed by atoms with Gasteiger partial charge in [0.05, 0.1) is 6.10 Å². The molecule has 0 aliphatic carbocycles. The van der Waals surface area contributed by atoms with Gasteiger partial charge in [-0.15, -0.1) is 0 Å². The first-order valence-electron chi connectivity index (χ1n) is 7.72. The molecule has 0 fully saturated rings. The summed E-state index contributed by atoms with van der Waals surface area (Å²) in [5.74, 6) is 1.03. The SMILES string of the molecule is CCCC(CCO)CNC(=O)c1ccc(OC(C)C)cc1. The van der Waals surface area contributed by atoms with Gasteiger partial charge in [0.15, 0.2) is 0 Å². The number of benzene rings is 1. The normalized spacial score (nSPS) is 12.2. The topological polar surface area (TPSA) is 58.6 Å². The third kappa shape index (κ3) is 6.63. The number of hydrogen-bond acceptors (Lipinski definition) is 3. The first-order valence-corrected chi connectivity index (χ1v) is 7.72. The summed E-state index contributed by atoms with van der Waals surface area (Å²) in [6, 6.07) is 7.17. The van der Waals surface area contributed by atoms with Gasteiger partial charge >= 0.3 is 0 Å². The van der Waals surface area contributed by atoms with E-state index in [1.165, 1.54) is 0 Å². The first-order chi connectivity index (χ1) is 10.1. The van der Waals surface area contributed by atoms with Crippen molar-refractivity contribution in [2.75, 3.05) is 13.2 Å². The maximum absolute atomic E-state index is 12.1. The Balaban J connectivity index is 2.50. The fraction of sp³-hybridized carbons (Fsp3) is 0.588. The number of ether oxygens (including phenoxy) is 1. The Bertz CT molecular complexity index is 409. The lowest BCUT2D eigenvalue weighted by Crippen LogP contribution is -2.29. The highest BCUT2D eigenvalue weighted by atomic mass is 16.5. The molecule has 1 unspecified atom stereocenters. The van der Waals surface area contributed by atoms with Crippen LogP contribution < -0.4 is 10.1 Å². The zero-order valence-electron chi connectivity index (χ0n) is 13.3. The average molecular weight is 293 g/mol. The molecule has 0 bridgehead atoms. The van der Waals surface area contributed by atoms with E-state index < -0.39 is 0 Å². The van der Waals surface area contributed by atoms with E-state index in [9.17, 15) is 4.79 Å². The van der Waals surface area contributed by atoms with Crippen LogP contribution in [0.2, 0.25) is 0 Å². The van der Waals surface area contributed by atoms with E-state index in [1.807, 2.05) is 26.0 Å². The first kappa shape index (κ1) is 17.5. The predicted octanol–water partition coefficient (Wildman–Crippen LogP) is 3.00. The molecular formula is C17H27NO3. The van der Waals surface area contributed by atoms with Crippen molar-refractivity contribution in [1.29, 1.82) is 0 Å². The molecule has 1 aromatic carbocycles. The lowest BCUT2D eigenvalue weighted by atomic mass is 10.00. The highest BCUT2D eigenvalue weighted by molar-refractivity contribution is 5.94. The van der Waals surface area contributed by atoms with Crippen LogP contribution in [0.4, 0.5) is 0 Å². The van der Waals surface area contributed by atoms with E-state index >= 15 is 0 Å². The Morgan fingerprint density at radius 2 is 1.90 bits per heavy atom. The summed E-state index contributed by atoms with van der Waals surface area (Å²) >= 11 is 0. The van der Waals surface area contributed by atoms with Crippen molar-refractivity contribution in [1.82, 2.24) is 5.32 Å². The van der Waals surface area contributed by atoms with E-state index in [4.69, 9.17) is 9.84 Å². The minimum Gasteiger partial charge on any atom is -0.491 e. The lowest BCUT2D eigenvalue weighted by molar-refractivity contribution is 0.0943. The standard InChI is InChI=1S/C17H27NO3/c1-4-5-14(10-11-19)12-18-17(20)15-6-8-16(9-7-15)21-13(2)3/h6-9,13-14,19H,4-5,10-12H2,1-3H3,(H,18,20). The van der Waals surface area contributed by atoms with Crippen LogP contribution >= 0.6 is 0 Å². The van der Waals surface area contributed by atoms with Gasteiger partial charge in [0.2, 0.25) is 0 Å². The van der Waals surface area contributed by atoms with Crippen molar-refractivity contribution in [2.45, 2.75) is 46.1 Å². The maximum atomic E-state index is 12.1. The molecule has 4 nitrogen and oxygen atoms in total. The van der Waals surface area contributed by atoms with Gasteiger partial charge in [-0.05, 0) is 56.9 Å². The third-order valence-electron chi connectivity index (χ3n) is 3.27. The Hall–Kier alpha value is -1.55. The van der Waals surface area contributed by atoms with Crippen molar-refractivity contribution < 1.29 is 14.6 Å². The second-order valence-electron chi connectivity index (χ2n) is 5.57. The molecule has 0 saturated heterocycles. The maximum Gasteiger partial charge on any atom is 0.251 e. The zero-order valence-corrected chi connectivity index (χ0v) is 13.3. The Morgan fingerprint density at radius 1 is 1.24 bits per heavy atom. The number of amides is 1. The van der Waals surface area contributed by atoms with E-state index in [0.29, 0.717) is 18.0 Å². The lowest BCUT2D eigenvalue weighted by Gasteiger charge is -2.16. The van der Waals surface area contributed by atoms with Gasteiger partial charge in [-0.1, -0.05) is 13.3 Å². The monoisotopic (exact) mass is 293 g/mol. The molecule has 118 valence electrons.